The molecule has 2 fully saturated rings. The normalized spacial score (nSPS) is 35.4. The summed E-state index contributed by atoms with van der Waals surface area (Å²) in [6.45, 7) is 2.82. The van der Waals surface area contributed by atoms with Crippen LogP contribution in [-0.4, -0.2) is 57.9 Å². The molecule has 5 rings (SSSR count). The summed E-state index contributed by atoms with van der Waals surface area (Å²) < 4.78 is 5.94. The number of nitrogens with one attached hydrogen (secondary N) is 1. The number of nitrogens with zero attached hydrogens (tertiary/aromatic N) is 5. The first kappa shape index (κ1) is 12.3. The molecule has 22 heavy (non-hydrogen) atoms. The number of hydrogen-bond donors (Lipinski definition) is 1. The van der Waals surface area contributed by atoms with Crippen LogP contribution in [0.15, 0.2) is 29.3 Å². The second kappa shape index (κ2) is 4.36. The van der Waals surface area contributed by atoms with E-state index in [0.717, 1.165) is 24.1 Å². The highest BCUT2D eigenvalue weighted by Gasteiger charge is 2.60. The maximum Gasteiger partial charge on any atom is 0.244 e. The number of aromatic nitrogens is 3. The van der Waals surface area contributed by atoms with Gasteiger partial charge in [0, 0.05) is 19.0 Å². The number of para-hydroxylation sites is 1. The molecule has 2 unspecified atom stereocenters. The summed E-state index contributed by atoms with van der Waals surface area (Å²) in [6, 6.07) is 7.75. The van der Waals surface area contributed by atoms with Crippen LogP contribution in [0.5, 0.6) is 0 Å². The largest absolute Gasteiger partial charge is 0.471 e. The summed E-state index contributed by atoms with van der Waals surface area (Å²) >= 11 is 0. The number of hydrogen-bond acceptors (Lipinski definition) is 7. The number of piperidine rings is 1. The number of fused-ring (bicyclic) bond motifs is 4. The molecule has 4 atom stereocenters. The molecule has 0 aliphatic carbocycles. The molecule has 1 aromatic carbocycles. The molecule has 1 aromatic heterocycles. The number of rotatable bonds is 2. The molecule has 0 saturated carbocycles. The van der Waals surface area contributed by atoms with Crippen LogP contribution in [0.2, 0.25) is 0 Å². The van der Waals surface area contributed by atoms with E-state index in [-0.39, 0.29) is 11.8 Å². The predicted molar refractivity (Wildman–Crippen MR) is 81.6 cm³/mol. The van der Waals surface area contributed by atoms with Crippen molar-refractivity contribution < 1.29 is 4.74 Å². The number of anilines is 1. The average Bonchev–Trinajstić information content (AvgIpc) is 3.27. The maximum atomic E-state index is 5.94. The van der Waals surface area contributed by atoms with Crippen molar-refractivity contribution >= 4 is 23.4 Å². The van der Waals surface area contributed by atoms with E-state index in [0.29, 0.717) is 18.4 Å². The summed E-state index contributed by atoms with van der Waals surface area (Å²) in [7, 11) is 0. The summed E-state index contributed by atoms with van der Waals surface area (Å²) in [5.74, 6) is 1.06. The van der Waals surface area contributed by atoms with Crippen molar-refractivity contribution in [3.05, 3.63) is 24.3 Å². The molecule has 1 N–H and O–H groups in total. The van der Waals surface area contributed by atoms with Gasteiger partial charge in [0.15, 0.2) is 12.0 Å². The Morgan fingerprint density at radius 1 is 1.23 bits per heavy atom. The minimum absolute atomic E-state index is 0.0525. The van der Waals surface area contributed by atoms with Gasteiger partial charge in [0.25, 0.3) is 0 Å². The maximum absolute atomic E-state index is 5.94. The van der Waals surface area contributed by atoms with Crippen LogP contribution in [0.25, 0.3) is 11.0 Å². The van der Waals surface area contributed by atoms with E-state index in [9.17, 15) is 0 Å². The van der Waals surface area contributed by atoms with Gasteiger partial charge >= 0.3 is 0 Å². The van der Waals surface area contributed by atoms with E-state index in [1.54, 1.807) is 6.40 Å². The summed E-state index contributed by atoms with van der Waals surface area (Å²) in [5, 5.41) is 11.9. The molecule has 112 valence electrons. The first-order valence-corrected chi connectivity index (χ1v) is 7.61. The van der Waals surface area contributed by atoms with Gasteiger partial charge < -0.3 is 10.1 Å². The second-order valence-electron chi connectivity index (χ2n) is 6.17. The fraction of sp³-hybridized carbons (Fsp3) is 0.467. The van der Waals surface area contributed by atoms with Crippen LogP contribution < -0.4 is 5.32 Å². The number of benzene rings is 1. The standard InChI is InChI=1S/C15H16N6O/c1-2-4-12-11(3-1)17-14(20-19-12)18-13-15(8-16-9-22-15)10-5-6-21(13)7-10/h1-4,9-10,13H,5-8H2,(H,17,18,20)/t10-,13?,15+/m1/s1. The van der Waals surface area contributed by atoms with Gasteiger partial charge in [0.1, 0.15) is 11.7 Å². The van der Waals surface area contributed by atoms with Crippen molar-refractivity contribution in [2.75, 3.05) is 25.0 Å². The number of ether oxygens (including phenoxy) is 1. The smallest absolute Gasteiger partial charge is 0.244 e. The van der Waals surface area contributed by atoms with Crippen molar-refractivity contribution in [2.24, 2.45) is 10.9 Å². The Kier molecular flexibility index (Phi) is 2.43. The van der Waals surface area contributed by atoms with E-state index in [1.165, 1.54) is 6.42 Å². The molecule has 2 aromatic rings. The highest BCUT2D eigenvalue weighted by Crippen LogP contribution is 2.45. The lowest BCUT2D eigenvalue weighted by Gasteiger charge is -2.39. The zero-order valence-electron chi connectivity index (χ0n) is 12.0. The summed E-state index contributed by atoms with van der Waals surface area (Å²) in [5.41, 5.74) is 1.38. The molecule has 1 spiro atoms. The van der Waals surface area contributed by atoms with Crippen molar-refractivity contribution in [3.8, 4) is 0 Å². The lowest BCUT2D eigenvalue weighted by Crippen LogP contribution is -2.57. The Bertz CT molecular complexity index is 755. The van der Waals surface area contributed by atoms with E-state index in [4.69, 9.17) is 4.74 Å². The van der Waals surface area contributed by atoms with Gasteiger partial charge in [-0.25, -0.2) is 4.98 Å². The highest BCUT2D eigenvalue weighted by molar-refractivity contribution is 5.74. The second-order valence-corrected chi connectivity index (χ2v) is 6.17. The van der Waals surface area contributed by atoms with Gasteiger partial charge in [-0.15, -0.1) is 10.2 Å². The zero-order chi connectivity index (χ0) is 14.6. The van der Waals surface area contributed by atoms with Gasteiger partial charge in [-0.2, -0.15) is 0 Å². The van der Waals surface area contributed by atoms with Gasteiger partial charge in [-0.1, -0.05) is 12.1 Å². The summed E-state index contributed by atoms with van der Waals surface area (Å²) in [4.78, 5) is 11.3. The fourth-order valence-corrected chi connectivity index (χ4v) is 3.96. The minimum atomic E-state index is -0.271. The van der Waals surface area contributed by atoms with Crippen molar-refractivity contribution in [2.45, 2.75) is 18.2 Å². The molecule has 4 heterocycles. The van der Waals surface area contributed by atoms with Crippen LogP contribution in [0, 0.1) is 5.92 Å². The van der Waals surface area contributed by atoms with E-state index in [1.807, 2.05) is 24.3 Å². The molecule has 0 radical (unpaired) electrons. The quantitative estimate of drug-likeness (QED) is 0.887. The molecular weight excluding hydrogens is 280 g/mol. The molecule has 2 bridgehead atoms. The lowest BCUT2D eigenvalue weighted by atomic mass is 9.85. The molecule has 2 saturated heterocycles. The Morgan fingerprint density at radius 2 is 2.14 bits per heavy atom. The van der Waals surface area contributed by atoms with E-state index in [2.05, 4.69) is 30.4 Å². The van der Waals surface area contributed by atoms with Crippen molar-refractivity contribution in [3.63, 3.8) is 0 Å². The Morgan fingerprint density at radius 3 is 3.00 bits per heavy atom. The first-order chi connectivity index (χ1) is 10.9. The Balaban J connectivity index is 1.48. The van der Waals surface area contributed by atoms with Crippen LogP contribution in [0.3, 0.4) is 0 Å². The minimum Gasteiger partial charge on any atom is -0.471 e. The molecular formula is C15H16N6O. The predicted octanol–water partition coefficient (Wildman–Crippen LogP) is 0.896. The van der Waals surface area contributed by atoms with Crippen molar-refractivity contribution in [1.29, 1.82) is 0 Å². The van der Waals surface area contributed by atoms with Gasteiger partial charge in [-0.3, -0.25) is 9.89 Å². The molecule has 3 aliphatic heterocycles. The van der Waals surface area contributed by atoms with Crippen molar-refractivity contribution in [1.82, 2.24) is 20.1 Å². The third kappa shape index (κ3) is 1.60. The van der Waals surface area contributed by atoms with Crippen LogP contribution in [0.1, 0.15) is 6.42 Å². The molecule has 7 heteroatoms. The third-order valence-electron chi connectivity index (χ3n) is 5.05. The fourth-order valence-electron chi connectivity index (χ4n) is 3.96. The third-order valence-corrected chi connectivity index (χ3v) is 5.05. The van der Waals surface area contributed by atoms with Gasteiger partial charge in [0.05, 0.1) is 12.1 Å². The number of aliphatic imine (C=N–C) groups is 1. The van der Waals surface area contributed by atoms with Gasteiger partial charge in [0.2, 0.25) is 5.95 Å². The molecule has 3 aliphatic rings. The summed E-state index contributed by atoms with van der Waals surface area (Å²) in [6.07, 6.45) is 2.81. The zero-order valence-corrected chi connectivity index (χ0v) is 12.0. The first-order valence-electron chi connectivity index (χ1n) is 7.61. The van der Waals surface area contributed by atoms with Crippen LogP contribution >= 0.6 is 0 Å². The SMILES string of the molecule is C1=NC[C@@]2(O1)C(Nc1nnc3ccccc3n1)N1CC[C@@H]2C1. The van der Waals surface area contributed by atoms with Crippen LogP contribution in [-0.2, 0) is 4.74 Å². The molecule has 0 amide bonds. The van der Waals surface area contributed by atoms with Gasteiger partial charge in [-0.05, 0) is 18.6 Å². The lowest BCUT2D eigenvalue weighted by molar-refractivity contribution is 0.00591. The van der Waals surface area contributed by atoms with E-state index >= 15 is 0 Å². The average molecular weight is 296 g/mol. The highest BCUT2D eigenvalue weighted by atomic mass is 16.5. The Hall–Kier alpha value is -2.28. The topological polar surface area (TPSA) is 75.5 Å². The monoisotopic (exact) mass is 296 g/mol. The Labute approximate surface area is 127 Å². The van der Waals surface area contributed by atoms with E-state index < -0.39 is 0 Å². The molecule has 7 nitrogen and oxygen atoms in total. The van der Waals surface area contributed by atoms with Crippen LogP contribution in [0.4, 0.5) is 5.95 Å².